The fraction of sp³-hybridized carbons (Fsp3) is 0.526. The molecule has 1 amide bonds. The first kappa shape index (κ1) is 22.0. The molecule has 0 saturated heterocycles. The Morgan fingerprint density at radius 1 is 1.39 bits per heavy atom. The van der Waals surface area contributed by atoms with Gasteiger partial charge in [-0.3, -0.25) is 9.59 Å². The van der Waals surface area contributed by atoms with Crippen molar-refractivity contribution in [1.29, 1.82) is 0 Å². The van der Waals surface area contributed by atoms with E-state index in [1.54, 1.807) is 16.5 Å². The number of nitrogens with zero attached hydrogens (tertiary/aromatic N) is 3. The van der Waals surface area contributed by atoms with Gasteiger partial charge in [0.15, 0.2) is 5.76 Å². The summed E-state index contributed by atoms with van der Waals surface area (Å²) in [4.78, 5) is 27.2. The van der Waals surface area contributed by atoms with Crippen LogP contribution in [0, 0.1) is 0 Å². The number of amides is 1. The molecule has 0 radical (unpaired) electrons. The SMILES string of the molecule is COc1cc(=O)n2c(c1C(=O)N(C)Cc1cc(C(C)C)no1)CCNCC2.Cl. The molecular weight excluding hydrogens is 384 g/mol. The number of carbonyl (C=O) groups excluding carboxylic acids is 1. The molecule has 2 aromatic heterocycles. The molecular formula is C19H27ClN4O4. The van der Waals surface area contributed by atoms with Gasteiger partial charge in [-0.1, -0.05) is 19.0 Å². The molecule has 0 atom stereocenters. The molecule has 2 aromatic rings. The molecule has 3 heterocycles. The molecule has 0 aliphatic carbocycles. The smallest absolute Gasteiger partial charge is 0.259 e. The zero-order valence-corrected chi connectivity index (χ0v) is 17.5. The van der Waals surface area contributed by atoms with E-state index >= 15 is 0 Å². The molecule has 0 bridgehead atoms. The van der Waals surface area contributed by atoms with E-state index in [2.05, 4.69) is 10.5 Å². The first-order chi connectivity index (χ1) is 12.9. The Bertz CT molecular complexity index is 891. The molecule has 1 N–H and O–H groups in total. The van der Waals surface area contributed by atoms with Gasteiger partial charge >= 0.3 is 0 Å². The van der Waals surface area contributed by atoms with Crippen molar-refractivity contribution in [1.82, 2.24) is 19.9 Å². The van der Waals surface area contributed by atoms with E-state index in [4.69, 9.17) is 9.26 Å². The van der Waals surface area contributed by atoms with E-state index in [1.807, 2.05) is 19.9 Å². The number of carbonyl (C=O) groups is 1. The minimum atomic E-state index is -0.208. The summed E-state index contributed by atoms with van der Waals surface area (Å²) in [7, 11) is 3.18. The Morgan fingerprint density at radius 3 is 2.79 bits per heavy atom. The predicted molar refractivity (Wildman–Crippen MR) is 107 cm³/mol. The Labute approximate surface area is 170 Å². The van der Waals surface area contributed by atoms with Crippen LogP contribution in [0.25, 0.3) is 0 Å². The fourth-order valence-corrected chi connectivity index (χ4v) is 3.26. The lowest BCUT2D eigenvalue weighted by molar-refractivity contribution is 0.0766. The molecule has 154 valence electrons. The van der Waals surface area contributed by atoms with Gasteiger partial charge in [-0.25, -0.2) is 0 Å². The summed E-state index contributed by atoms with van der Waals surface area (Å²) < 4.78 is 12.4. The highest BCUT2D eigenvalue weighted by atomic mass is 35.5. The van der Waals surface area contributed by atoms with E-state index in [9.17, 15) is 9.59 Å². The van der Waals surface area contributed by atoms with Gasteiger partial charge in [-0.05, 0) is 5.92 Å². The average Bonchev–Trinajstić information content (AvgIpc) is 2.96. The lowest BCUT2D eigenvalue weighted by Gasteiger charge is -2.21. The highest BCUT2D eigenvalue weighted by molar-refractivity contribution is 5.98. The second-order valence-electron chi connectivity index (χ2n) is 7.06. The minimum Gasteiger partial charge on any atom is -0.496 e. The third-order valence-electron chi connectivity index (χ3n) is 4.77. The zero-order chi connectivity index (χ0) is 19.6. The Kier molecular flexibility index (Phi) is 7.26. The van der Waals surface area contributed by atoms with Gasteiger partial charge in [0.1, 0.15) is 11.3 Å². The first-order valence-corrected chi connectivity index (χ1v) is 9.14. The van der Waals surface area contributed by atoms with Crippen LogP contribution in [0.1, 0.15) is 47.3 Å². The summed E-state index contributed by atoms with van der Waals surface area (Å²) in [5, 5.41) is 7.30. The summed E-state index contributed by atoms with van der Waals surface area (Å²) in [6.45, 7) is 6.29. The van der Waals surface area contributed by atoms with E-state index in [-0.39, 0.29) is 29.8 Å². The van der Waals surface area contributed by atoms with Crippen molar-refractivity contribution in [2.24, 2.45) is 0 Å². The number of hydrogen-bond donors (Lipinski definition) is 1. The van der Waals surface area contributed by atoms with Gasteiger partial charge < -0.3 is 24.0 Å². The number of halogens is 1. The van der Waals surface area contributed by atoms with Crippen LogP contribution < -0.4 is 15.6 Å². The summed E-state index contributed by atoms with van der Waals surface area (Å²) in [6.07, 6.45) is 0.584. The summed E-state index contributed by atoms with van der Waals surface area (Å²) in [5.74, 6) is 0.979. The quantitative estimate of drug-likeness (QED) is 0.808. The highest BCUT2D eigenvalue weighted by Crippen LogP contribution is 2.24. The van der Waals surface area contributed by atoms with Crippen molar-refractivity contribution in [3.05, 3.63) is 45.2 Å². The van der Waals surface area contributed by atoms with E-state index < -0.39 is 0 Å². The molecule has 0 aromatic carbocycles. The molecule has 1 aliphatic heterocycles. The van der Waals surface area contributed by atoms with E-state index in [0.717, 1.165) is 5.69 Å². The molecule has 9 heteroatoms. The van der Waals surface area contributed by atoms with Gasteiger partial charge in [0.2, 0.25) is 0 Å². The average molecular weight is 411 g/mol. The number of hydrogen-bond acceptors (Lipinski definition) is 6. The van der Waals surface area contributed by atoms with Gasteiger partial charge in [0.05, 0.1) is 19.3 Å². The number of nitrogens with one attached hydrogen (secondary N) is 1. The number of aromatic nitrogens is 2. The van der Waals surface area contributed by atoms with E-state index in [0.29, 0.717) is 55.4 Å². The maximum atomic E-state index is 13.2. The van der Waals surface area contributed by atoms with Crippen LogP contribution in [0.2, 0.25) is 0 Å². The van der Waals surface area contributed by atoms with Crippen LogP contribution in [0.4, 0.5) is 0 Å². The highest BCUT2D eigenvalue weighted by Gasteiger charge is 2.26. The van der Waals surface area contributed by atoms with Crippen molar-refractivity contribution in [2.45, 2.75) is 39.3 Å². The van der Waals surface area contributed by atoms with Crippen molar-refractivity contribution >= 4 is 18.3 Å². The number of fused-ring (bicyclic) bond motifs is 1. The first-order valence-electron chi connectivity index (χ1n) is 9.14. The third kappa shape index (κ3) is 4.39. The van der Waals surface area contributed by atoms with Crippen LogP contribution in [-0.2, 0) is 19.5 Å². The van der Waals surface area contributed by atoms with Crippen LogP contribution in [0.3, 0.4) is 0 Å². The van der Waals surface area contributed by atoms with Crippen molar-refractivity contribution in [3.63, 3.8) is 0 Å². The standard InChI is InChI=1S/C19H26N4O4.ClH/c1-12(2)14-9-13(27-21-14)11-22(3)19(25)18-15-5-6-20-7-8-23(15)17(24)10-16(18)26-4;/h9-10,12,20H,5-8,11H2,1-4H3;1H. The molecule has 28 heavy (non-hydrogen) atoms. The molecule has 3 rings (SSSR count). The Hall–Kier alpha value is -2.32. The number of ether oxygens (including phenoxy) is 1. The molecule has 0 saturated carbocycles. The third-order valence-corrected chi connectivity index (χ3v) is 4.77. The van der Waals surface area contributed by atoms with Gasteiger partial charge in [-0.2, -0.15) is 0 Å². The topological polar surface area (TPSA) is 89.6 Å². The summed E-state index contributed by atoms with van der Waals surface area (Å²) >= 11 is 0. The van der Waals surface area contributed by atoms with Crippen LogP contribution in [-0.4, -0.2) is 47.8 Å². The van der Waals surface area contributed by atoms with Crippen molar-refractivity contribution in [2.75, 3.05) is 27.2 Å². The lowest BCUT2D eigenvalue weighted by atomic mass is 10.1. The zero-order valence-electron chi connectivity index (χ0n) is 16.7. The maximum Gasteiger partial charge on any atom is 0.259 e. The summed E-state index contributed by atoms with van der Waals surface area (Å²) in [5.41, 5.74) is 1.85. The van der Waals surface area contributed by atoms with Crippen LogP contribution >= 0.6 is 12.4 Å². The molecule has 0 fully saturated rings. The Morgan fingerprint density at radius 2 is 2.14 bits per heavy atom. The second-order valence-corrected chi connectivity index (χ2v) is 7.06. The predicted octanol–water partition coefficient (Wildman–Crippen LogP) is 1.81. The second kappa shape index (κ2) is 9.25. The molecule has 1 aliphatic rings. The Balaban J connectivity index is 0.00000280. The van der Waals surface area contributed by atoms with Gasteiger partial charge in [0, 0.05) is 50.9 Å². The molecule has 8 nitrogen and oxygen atoms in total. The largest absolute Gasteiger partial charge is 0.496 e. The molecule has 0 unspecified atom stereocenters. The number of rotatable bonds is 5. The molecule has 0 spiro atoms. The van der Waals surface area contributed by atoms with Gasteiger partial charge in [0.25, 0.3) is 11.5 Å². The van der Waals surface area contributed by atoms with Crippen molar-refractivity contribution < 1.29 is 14.1 Å². The monoisotopic (exact) mass is 410 g/mol. The lowest BCUT2D eigenvalue weighted by Crippen LogP contribution is -2.32. The minimum absolute atomic E-state index is 0. The van der Waals surface area contributed by atoms with Gasteiger partial charge in [-0.15, -0.1) is 12.4 Å². The van der Waals surface area contributed by atoms with Crippen LogP contribution in [0.15, 0.2) is 21.5 Å². The van der Waals surface area contributed by atoms with E-state index in [1.165, 1.54) is 13.2 Å². The number of methoxy groups -OCH3 is 1. The number of pyridine rings is 1. The maximum absolute atomic E-state index is 13.2. The fourth-order valence-electron chi connectivity index (χ4n) is 3.26. The van der Waals surface area contributed by atoms with Crippen LogP contribution in [0.5, 0.6) is 5.75 Å². The van der Waals surface area contributed by atoms with Crippen molar-refractivity contribution in [3.8, 4) is 5.75 Å². The summed E-state index contributed by atoms with van der Waals surface area (Å²) in [6, 6.07) is 3.26. The normalized spacial score (nSPS) is 13.5.